The summed E-state index contributed by atoms with van der Waals surface area (Å²) < 4.78 is 5.34. The quantitative estimate of drug-likeness (QED) is 0.682. The summed E-state index contributed by atoms with van der Waals surface area (Å²) in [6, 6.07) is 3.80. The van der Waals surface area contributed by atoms with Crippen LogP contribution in [0.2, 0.25) is 0 Å². The zero-order chi connectivity index (χ0) is 15.0. The van der Waals surface area contributed by atoms with Crippen LogP contribution < -0.4 is 4.74 Å². The normalized spacial score (nSPS) is 11.0. The van der Waals surface area contributed by atoms with Crippen molar-refractivity contribution in [1.29, 1.82) is 0 Å². The molecule has 3 aromatic rings. The third-order valence-electron chi connectivity index (χ3n) is 3.37. The molecule has 21 heavy (non-hydrogen) atoms. The maximum absolute atomic E-state index is 11.2. The van der Waals surface area contributed by atoms with Gasteiger partial charge in [0.2, 0.25) is 0 Å². The van der Waals surface area contributed by atoms with Crippen LogP contribution in [0.1, 0.15) is 22.8 Å². The van der Waals surface area contributed by atoms with Crippen molar-refractivity contribution in [2.45, 2.75) is 13.3 Å². The van der Waals surface area contributed by atoms with Gasteiger partial charge in [0.05, 0.1) is 24.3 Å². The second kappa shape index (κ2) is 4.93. The van der Waals surface area contributed by atoms with Crippen LogP contribution in [0.15, 0.2) is 18.3 Å². The number of rotatable bonds is 4. The molecular formula is C14H14N4O3. The van der Waals surface area contributed by atoms with Gasteiger partial charge in [-0.3, -0.25) is 5.10 Å². The number of hydrogen-bond acceptors (Lipinski definition) is 4. The molecule has 0 aliphatic rings. The fraction of sp³-hybridized carbons (Fsp3) is 0.214. The Hall–Kier alpha value is -2.83. The number of carboxylic acids is 1. The average Bonchev–Trinajstić information content (AvgIpc) is 3.11. The van der Waals surface area contributed by atoms with Gasteiger partial charge in [0.25, 0.3) is 0 Å². The first-order chi connectivity index (χ1) is 10.1. The number of imidazole rings is 1. The SMILES string of the molecule is CCc1cc2[nH]c(-c3[nH]ncc3C(=O)O)nc2cc1OC. The fourth-order valence-electron chi connectivity index (χ4n) is 2.30. The van der Waals surface area contributed by atoms with E-state index in [4.69, 9.17) is 9.84 Å². The van der Waals surface area contributed by atoms with Gasteiger partial charge in [0.1, 0.15) is 17.0 Å². The lowest BCUT2D eigenvalue weighted by Crippen LogP contribution is -1.97. The largest absolute Gasteiger partial charge is 0.496 e. The molecule has 0 atom stereocenters. The van der Waals surface area contributed by atoms with Gasteiger partial charge < -0.3 is 14.8 Å². The van der Waals surface area contributed by atoms with E-state index >= 15 is 0 Å². The molecule has 0 saturated heterocycles. The summed E-state index contributed by atoms with van der Waals surface area (Å²) in [5, 5.41) is 15.6. The molecule has 0 saturated carbocycles. The van der Waals surface area contributed by atoms with Crippen molar-refractivity contribution in [3.63, 3.8) is 0 Å². The topological polar surface area (TPSA) is 104 Å². The van der Waals surface area contributed by atoms with E-state index in [1.165, 1.54) is 6.20 Å². The molecular weight excluding hydrogens is 272 g/mol. The van der Waals surface area contributed by atoms with Gasteiger partial charge in [-0.15, -0.1) is 0 Å². The second-order valence-electron chi connectivity index (χ2n) is 4.58. The summed E-state index contributed by atoms with van der Waals surface area (Å²) >= 11 is 0. The molecule has 1 aromatic carbocycles. The van der Waals surface area contributed by atoms with Gasteiger partial charge in [0, 0.05) is 6.07 Å². The first kappa shape index (κ1) is 13.2. The van der Waals surface area contributed by atoms with E-state index in [2.05, 4.69) is 20.2 Å². The molecule has 0 radical (unpaired) electrons. The lowest BCUT2D eigenvalue weighted by Gasteiger charge is -2.05. The molecule has 2 aromatic heterocycles. The molecule has 0 amide bonds. The molecule has 3 N–H and O–H groups in total. The smallest absolute Gasteiger partial charge is 0.339 e. The Balaban J connectivity index is 2.17. The summed E-state index contributed by atoms with van der Waals surface area (Å²) in [6.07, 6.45) is 2.10. The van der Waals surface area contributed by atoms with Gasteiger partial charge in [-0.25, -0.2) is 9.78 Å². The van der Waals surface area contributed by atoms with E-state index in [1.807, 2.05) is 19.1 Å². The Labute approximate surface area is 120 Å². The Morgan fingerprint density at radius 1 is 1.43 bits per heavy atom. The van der Waals surface area contributed by atoms with E-state index in [0.717, 1.165) is 23.3 Å². The van der Waals surface area contributed by atoms with E-state index in [9.17, 15) is 4.79 Å². The summed E-state index contributed by atoms with van der Waals surface area (Å²) in [5.41, 5.74) is 3.04. The molecule has 108 valence electrons. The number of hydrogen-bond donors (Lipinski definition) is 3. The molecule has 0 fully saturated rings. The molecule has 0 aliphatic heterocycles. The highest BCUT2D eigenvalue weighted by atomic mass is 16.5. The number of benzene rings is 1. The van der Waals surface area contributed by atoms with Crippen LogP contribution in [0.4, 0.5) is 0 Å². The molecule has 0 spiro atoms. The molecule has 2 heterocycles. The number of nitrogens with one attached hydrogen (secondary N) is 2. The second-order valence-corrected chi connectivity index (χ2v) is 4.58. The van der Waals surface area contributed by atoms with Crippen molar-refractivity contribution >= 4 is 17.0 Å². The van der Waals surface area contributed by atoms with Gasteiger partial charge in [-0.1, -0.05) is 6.92 Å². The highest BCUT2D eigenvalue weighted by Gasteiger charge is 2.17. The maximum Gasteiger partial charge on any atom is 0.339 e. The van der Waals surface area contributed by atoms with E-state index < -0.39 is 5.97 Å². The van der Waals surface area contributed by atoms with Crippen LogP contribution in [0.5, 0.6) is 5.75 Å². The number of aromatic nitrogens is 4. The molecule has 7 nitrogen and oxygen atoms in total. The summed E-state index contributed by atoms with van der Waals surface area (Å²) in [6.45, 7) is 2.04. The van der Waals surface area contributed by atoms with E-state index in [0.29, 0.717) is 17.0 Å². The highest BCUT2D eigenvalue weighted by molar-refractivity contribution is 5.94. The number of methoxy groups -OCH3 is 1. The number of nitrogens with zero attached hydrogens (tertiary/aromatic N) is 2. The molecule has 0 aliphatic carbocycles. The van der Waals surface area contributed by atoms with Crippen molar-refractivity contribution < 1.29 is 14.6 Å². The average molecular weight is 286 g/mol. The Morgan fingerprint density at radius 3 is 2.90 bits per heavy atom. The van der Waals surface area contributed by atoms with Gasteiger partial charge >= 0.3 is 5.97 Å². The predicted octanol–water partition coefficient (Wildman–Crippen LogP) is 2.22. The Bertz CT molecular complexity index is 778. The van der Waals surface area contributed by atoms with Crippen molar-refractivity contribution in [2.75, 3.05) is 7.11 Å². The van der Waals surface area contributed by atoms with Crippen molar-refractivity contribution in [3.8, 4) is 17.3 Å². The Kier molecular flexibility index (Phi) is 3.09. The number of carbonyl (C=O) groups is 1. The number of aromatic carboxylic acids is 1. The lowest BCUT2D eigenvalue weighted by molar-refractivity contribution is 0.0697. The number of ether oxygens (including phenoxy) is 1. The van der Waals surface area contributed by atoms with Crippen LogP contribution in [-0.4, -0.2) is 38.4 Å². The van der Waals surface area contributed by atoms with Crippen LogP contribution in [0.25, 0.3) is 22.6 Å². The summed E-state index contributed by atoms with van der Waals surface area (Å²) in [7, 11) is 1.62. The van der Waals surface area contributed by atoms with Crippen molar-refractivity contribution in [3.05, 3.63) is 29.5 Å². The number of aryl methyl sites for hydroxylation is 1. The number of H-pyrrole nitrogens is 2. The minimum atomic E-state index is -1.05. The van der Waals surface area contributed by atoms with Crippen LogP contribution >= 0.6 is 0 Å². The predicted molar refractivity (Wildman–Crippen MR) is 76.6 cm³/mol. The number of carboxylic acid groups (broad SMARTS) is 1. The first-order valence-electron chi connectivity index (χ1n) is 6.47. The van der Waals surface area contributed by atoms with Crippen LogP contribution in [0, 0.1) is 0 Å². The summed E-state index contributed by atoms with van der Waals surface area (Å²) in [4.78, 5) is 18.7. The molecule has 0 bridgehead atoms. The van der Waals surface area contributed by atoms with Crippen LogP contribution in [-0.2, 0) is 6.42 Å². The van der Waals surface area contributed by atoms with Crippen LogP contribution in [0.3, 0.4) is 0 Å². The Morgan fingerprint density at radius 2 is 2.24 bits per heavy atom. The highest BCUT2D eigenvalue weighted by Crippen LogP contribution is 2.28. The zero-order valence-corrected chi connectivity index (χ0v) is 11.6. The zero-order valence-electron chi connectivity index (χ0n) is 11.6. The third kappa shape index (κ3) is 2.12. The molecule has 3 rings (SSSR count). The minimum Gasteiger partial charge on any atom is -0.496 e. The van der Waals surface area contributed by atoms with Gasteiger partial charge in [-0.05, 0) is 18.1 Å². The van der Waals surface area contributed by atoms with E-state index in [1.54, 1.807) is 7.11 Å². The minimum absolute atomic E-state index is 0.0803. The molecule has 0 unspecified atom stereocenters. The van der Waals surface area contributed by atoms with Crippen molar-refractivity contribution in [2.24, 2.45) is 0 Å². The monoisotopic (exact) mass is 286 g/mol. The van der Waals surface area contributed by atoms with Gasteiger partial charge in [0.15, 0.2) is 5.82 Å². The summed E-state index contributed by atoms with van der Waals surface area (Å²) in [5.74, 6) is 0.160. The fourth-order valence-corrected chi connectivity index (χ4v) is 2.30. The van der Waals surface area contributed by atoms with Crippen molar-refractivity contribution in [1.82, 2.24) is 20.2 Å². The standard InChI is InChI=1S/C14H14N4O3/c1-3-7-4-9-10(5-11(7)21-2)17-13(16-9)12-8(14(19)20)6-15-18-12/h4-6H,3H2,1-2H3,(H,15,18)(H,16,17)(H,19,20). The third-order valence-corrected chi connectivity index (χ3v) is 3.37. The van der Waals surface area contributed by atoms with E-state index in [-0.39, 0.29) is 5.56 Å². The first-order valence-corrected chi connectivity index (χ1v) is 6.47. The maximum atomic E-state index is 11.2. The van der Waals surface area contributed by atoms with Gasteiger partial charge in [-0.2, -0.15) is 5.10 Å². The number of fused-ring (bicyclic) bond motifs is 1. The molecule has 7 heteroatoms. The number of aromatic amines is 2. The lowest BCUT2D eigenvalue weighted by atomic mass is 10.1.